The number of thiophene rings is 1. The van der Waals surface area contributed by atoms with Gasteiger partial charge in [0.15, 0.2) is 5.82 Å². The highest BCUT2D eigenvalue weighted by atomic mass is 32.1. The summed E-state index contributed by atoms with van der Waals surface area (Å²) in [6.07, 6.45) is 5.60. The second kappa shape index (κ2) is 7.72. The Morgan fingerprint density at radius 1 is 1.26 bits per heavy atom. The number of anilines is 1. The summed E-state index contributed by atoms with van der Waals surface area (Å²) >= 11 is 1.56. The molecule has 0 saturated carbocycles. The van der Waals surface area contributed by atoms with Crippen LogP contribution in [0.1, 0.15) is 55.1 Å². The molecule has 7 nitrogen and oxygen atoms in total. The predicted octanol–water partition coefficient (Wildman–Crippen LogP) is 3.46. The summed E-state index contributed by atoms with van der Waals surface area (Å²) in [7, 11) is 0. The Morgan fingerprint density at radius 3 is 2.85 bits per heavy atom. The zero-order valence-electron chi connectivity index (χ0n) is 15.8. The van der Waals surface area contributed by atoms with Gasteiger partial charge in [-0.1, -0.05) is 13.3 Å². The summed E-state index contributed by atoms with van der Waals surface area (Å²) in [5.74, 6) is 0.800. The number of aryl methyl sites for hydroxylation is 1. The van der Waals surface area contributed by atoms with Crippen molar-refractivity contribution in [3.63, 3.8) is 0 Å². The lowest BCUT2D eigenvalue weighted by Crippen LogP contribution is -2.30. The number of hydrogen-bond donors (Lipinski definition) is 1. The molecule has 4 heterocycles. The molecule has 1 aliphatic heterocycles. The van der Waals surface area contributed by atoms with E-state index in [1.165, 1.54) is 19.3 Å². The molecular formula is C19H24N6OS. The van der Waals surface area contributed by atoms with Crippen LogP contribution < -0.4 is 10.2 Å². The number of nitrogens with one attached hydrogen (secondary N) is 1. The monoisotopic (exact) mass is 384 g/mol. The highest BCUT2D eigenvalue weighted by Crippen LogP contribution is 2.38. The standard InChI is InChI=1S/C19H24N6OS/c1-3-4-8-20-18(26)13-11-12(2)21-19-14(13)15-16(27-19)17(23-24-22-15)25-9-6-5-7-10-25/h11H,3-10H2,1-2H3,(H,20,26). The molecule has 0 atom stereocenters. The van der Waals surface area contributed by atoms with Crippen LogP contribution in [0.15, 0.2) is 6.07 Å². The number of carbonyl (C=O) groups excluding carboxylic acids is 1. The zero-order valence-corrected chi connectivity index (χ0v) is 16.6. The summed E-state index contributed by atoms with van der Waals surface area (Å²) in [4.78, 5) is 20.6. The van der Waals surface area contributed by atoms with E-state index in [0.29, 0.717) is 12.1 Å². The molecule has 0 unspecified atom stereocenters. The largest absolute Gasteiger partial charge is 0.354 e. The minimum absolute atomic E-state index is 0.0724. The van der Waals surface area contributed by atoms with Crippen LogP contribution in [0.25, 0.3) is 20.4 Å². The third-order valence-electron chi connectivity index (χ3n) is 4.97. The fourth-order valence-electron chi connectivity index (χ4n) is 3.57. The second-order valence-corrected chi connectivity index (χ2v) is 8.04. The van der Waals surface area contributed by atoms with E-state index in [4.69, 9.17) is 0 Å². The SMILES string of the molecule is CCCCNC(=O)c1cc(C)nc2sc3c(N4CCCCC4)nnnc3c12. The van der Waals surface area contributed by atoms with Gasteiger partial charge < -0.3 is 10.2 Å². The molecule has 0 aromatic carbocycles. The van der Waals surface area contributed by atoms with Crippen molar-refractivity contribution in [2.24, 2.45) is 0 Å². The van der Waals surface area contributed by atoms with Gasteiger partial charge in [-0.2, -0.15) is 0 Å². The number of nitrogens with zero attached hydrogens (tertiary/aromatic N) is 5. The molecule has 1 N–H and O–H groups in total. The molecule has 142 valence electrons. The summed E-state index contributed by atoms with van der Waals surface area (Å²) in [5, 5.41) is 16.5. The van der Waals surface area contributed by atoms with Crippen molar-refractivity contribution >= 4 is 43.5 Å². The van der Waals surface area contributed by atoms with Crippen LogP contribution in [0.5, 0.6) is 0 Å². The molecular weight excluding hydrogens is 360 g/mol. The third kappa shape index (κ3) is 3.45. The molecule has 0 spiro atoms. The molecule has 1 saturated heterocycles. The number of pyridine rings is 1. The molecule has 0 bridgehead atoms. The lowest BCUT2D eigenvalue weighted by Gasteiger charge is -2.27. The Labute approximate surface area is 162 Å². The van der Waals surface area contributed by atoms with Crippen molar-refractivity contribution < 1.29 is 4.79 Å². The van der Waals surface area contributed by atoms with Gasteiger partial charge in [0.25, 0.3) is 5.91 Å². The number of hydrogen-bond acceptors (Lipinski definition) is 7. The van der Waals surface area contributed by atoms with Gasteiger partial charge in [0.05, 0.1) is 10.9 Å². The summed E-state index contributed by atoms with van der Waals surface area (Å²) in [6, 6.07) is 1.85. The maximum atomic E-state index is 12.8. The third-order valence-corrected chi connectivity index (χ3v) is 6.04. The van der Waals surface area contributed by atoms with Crippen LogP contribution in [0.3, 0.4) is 0 Å². The van der Waals surface area contributed by atoms with E-state index in [-0.39, 0.29) is 5.91 Å². The molecule has 1 fully saturated rings. The van der Waals surface area contributed by atoms with Crippen LogP contribution in [-0.4, -0.2) is 45.9 Å². The number of unbranched alkanes of at least 4 members (excludes halogenated alkanes) is 1. The lowest BCUT2D eigenvalue weighted by atomic mass is 10.1. The molecule has 3 aromatic heterocycles. The summed E-state index contributed by atoms with van der Waals surface area (Å²) in [5.41, 5.74) is 2.19. The van der Waals surface area contributed by atoms with Crippen LogP contribution in [0, 0.1) is 6.92 Å². The van der Waals surface area contributed by atoms with Crippen LogP contribution in [0.2, 0.25) is 0 Å². The zero-order chi connectivity index (χ0) is 18.8. The van der Waals surface area contributed by atoms with Gasteiger partial charge in [-0.25, -0.2) is 4.98 Å². The first-order valence-electron chi connectivity index (χ1n) is 9.65. The van der Waals surface area contributed by atoms with E-state index in [1.807, 2.05) is 13.0 Å². The average Bonchev–Trinajstić information content (AvgIpc) is 3.06. The number of carbonyl (C=O) groups is 1. The van der Waals surface area contributed by atoms with Gasteiger partial charge in [-0.05, 0) is 43.9 Å². The smallest absolute Gasteiger partial charge is 0.252 e. The highest BCUT2D eigenvalue weighted by molar-refractivity contribution is 7.26. The van der Waals surface area contributed by atoms with Crippen molar-refractivity contribution in [1.82, 2.24) is 25.7 Å². The Morgan fingerprint density at radius 2 is 2.07 bits per heavy atom. The Balaban J connectivity index is 1.84. The second-order valence-electron chi connectivity index (χ2n) is 7.04. The quantitative estimate of drug-likeness (QED) is 0.678. The lowest BCUT2D eigenvalue weighted by molar-refractivity contribution is 0.0954. The van der Waals surface area contributed by atoms with Gasteiger partial charge in [0.2, 0.25) is 0 Å². The fourth-order valence-corrected chi connectivity index (χ4v) is 4.77. The number of amides is 1. The highest BCUT2D eigenvalue weighted by Gasteiger charge is 2.23. The molecule has 0 aliphatic carbocycles. The number of piperidine rings is 1. The van der Waals surface area contributed by atoms with E-state index < -0.39 is 0 Å². The molecule has 8 heteroatoms. The van der Waals surface area contributed by atoms with Crippen molar-refractivity contribution in [1.29, 1.82) is 0 Å². The Bertz CT molecular complexity index is 979. The average molecular weight is 385 g/mol. The molecule has 3 aromatic rings. The molecule has 4 rings (SSSR count). The first-order valence-corrected chi connectivity index (χ1v) is 10.5. The molecule has 0 radical (unpaired) electrons. The molecule has 1 amide bonds. The first kappa shape index (κ1) is 18.0. The van der Waals surface area contributed by atoms with Crippen LogP contribution in [-0.2, 0) is 0 Å². The predicted molar refractivity (Wildman–Crippen MR) is 109 cm³/mol. The minimum atomic E-state index is -0.0724. The Hall–Kier alpha value is -2.35. The van der Waals surface area contributed by atoms with Gasteiger partial charge in [0, 0.05) is 25.3 Å². The number of aromatic nitrogens is 4. The van der Waals surface area contributed by atoms with Gasteiger partial charge in [-0.3, -0.25) is 4.79 Å². The van der Waals surface area contributed by atoms with Crippen LogP contribution >= 0.6 is 11.3 Å². The van der Waals surface area contributed by atoms with Crippen molar-refractivity contribution in [2.75, 3.05) is 24.5 Å². The Kier molecular flexibility index (Phi) is 5.15. The maximum absolute atomic E-state index is 12.8. The van der Waals surface area contributed by atoms with E-state index in [9.17, 15) is 4.79 Å². The van der Waals surface area contributed by atoms with Gasteiger partial charge in [-0.15, -0.1) is 21.5 Å². The van der Waals surface area contributed by atoms with E-state index in [2.05, 4.69) is 37.5 Å². The molecule has 1 aliphatic rings. The van der Waals surface area contributed by atoms with Crippen LogP contribution in [0.4, 0.5) is 5.82 Å². The summed E-state index contributed by atoms with van der Waals surface area (Å²) < 4.78 is 0.975. The first-order chi connectivity index (χ1) is 13.2. The van der Waals surface area contributed by atoms with E-state index in [1.54, 1.807) is 11.3 Å². The van der Waals surface area contributed by atoms with E-state index in [0.717, 1.165) is 57.9 Å². The summed E-state index contributed by atoms with van der Waals surface area (Å²) in [6.45, 7) is 6.67. The number of fused-ring (bicyclic) bond motifs is 3. The van der Waals surface area contributed by atoms with E-state index >= 15 is 0 Å². The maximum Gasteiger partial charge on any atom is 0.252 e. The topological polar surface area (TPSA) is 83.9 Å². The number of rotatable bonds is 5. The minimum Gasteiger partial charge on any atom is -0.354 e. The van der Waals surface area contributed by atoms with Crippen molar-refractivity contribution in [2.45, 2.75) is 46.0 Å². The van der Waals surface area contributed by atoms with Crippen molar-refractivity contribution in [3.05, 3.63) is 17.3 Å². The van der Waals surface area contributed by atoms with Crippen molar-refractivity contribution in [3.8, 4) is 0 Å². The van der Waals surface area contributed by atoms with Gasteiger partial charge in [0.1, 0.15) is 15.0 Å². The normalized spacial score (nSPS) is 14.8. The molecule has 27 heavy (non-hydrogen) atoms. The fraction of sp³-hybridized carbons (Fsp3) is 0.526. The van der Waals surface area contributed by atoms with Gasteiger partial charge >= 0.3 is 0 Å².